The highest BCUT2D eigenvalue weighted by atomic mass is 19.4. The van der Waals surface area contributed by atoms with Gasteiger partial charge in [0.2, 0.25) is 0 Å². The van der Waals surface area contributed by atoms with E-state index < -0.39 is 41.4 Å². The Morgan fingerprint density at radius 2 is 1.33 bits per heavy atom. The van der Waals surface area contributed by atoms with E-state index in [1.54, 1.807) is 0 Å². The molecule has 9 heteroatoms. The van der Waals surface area contributed by atoms with Crippen molar-refractivity contribution in [3.05, 3.63) is 53.6 Å². The summed E-state index contributed by atoms with van der Waals surface area (Å²) in [4.78, 5) is 0. The van der Waals surface area contributed by atoms with Gasteiger partial charge in [-0.25, -0.2) is 0 Å². The first-order valence-electron chi connectivity index (χ1n) is 6.33. The fraction of sp³-hybridized carbons (Fsp3) is 0.200. The zero-order valence-electron chi connectivity index (χ0n) is 11.6. The molecule has 0 aromatic heterocycles. The smallest absolute Gasteiger partial charge is 0.419 e. The molecule has 0 aliphatic heterocycles. The summed E-state index contributed by atoms with van der Waals surface area (Å²) in [6, 6.07) is 5.80. The molecule has 2 rings (SSSR count). The maximum atomic E-state index is 13.0. The second-order valence-electron chi connectivity index (χ2n) is 4.63. The molecule has 0 atom stereocenters. The van der Waals surface area contributed by atoms with Crippen LogP contribution in [0, 0.1) is 0 Å². The third-order valence-corrected chi connectivity index (χ3v) is 3.05. The van der Waals surface area contributed by atoms with Gasteiger partial charge in [-0.15, -0.1) is 0 Å². The summed E-state index contributed by atoms with van der Waals surface area (Å²) in [6.07, 6.45) is -9.75. The van der Waals surface area contributed by atoms with E-state index in [-0.39, 0.29) is 5.56 Å². The van der Waals surface area contributed by atoms with Gasteiger partial charge in [0, 0.05) is 0 Å². The summed E-state index contributed by atoms with van der Waals surface area (Å²) < 4.78 is 106. The van der Waals surface area contributed by atoms with Crippen LogP contribution in [0.25, 0.3) is 11.1 Å². The maximum absolute atomic E-state index is 13.0. The maximum Gasteiger partial charge on any atom is 0.419 e. The number of ether oxygens (including phenoxy) is 1. The standard InChI is InChI=1S/C15H8F8O/c16-13(17)24-12-7-8(5-6-11(12)15(21,22)23)9-3-1-2-4-10(9)14(18,19)20/h1-7,13H. The van der Waals surface area contributed by atoms with Crippen LogP contribution >= 0.6 is 0 Å². The molecule has 0 saturated carbocycles. The molecule has 0 heterocycles. The summed E-state index contributed by atoms with van der Waals surface area (Å²) in [5, 5.41) is 0. The molecule has 0 aliphatic rings. The van der Waals surface area contributed by atoms with Gasteiger partial charge < -0.3 is 4.74 Å². The second-order valence-corrected chi connectivity index (χ2v) is 4.63. The minimum atomic E-state index is -4.99. The van der Waals surface area contributed by atoms with Crippen molar-refractivity contribution in [1.82, 2.24) is 0 Å². The monoisotopic (exact) mass is 356 g/mol. The predicted molar refractivity (Wildman–Crippen MR) is 68.5 cm³/mol. The molecule has 0 N–H and O–H groups in total. The molecule has 0 unspecified atom stereocenters. The van der Waals surface area contributed by atoms with Crippen molar-refractivity contribution in [3.63, 3.8) is 0 Å². The molecule has 0 amide bonds. The molecule has 0 bridgehead atoms. The van der Waals surface area contributed by atoms with E-state index in [2.05, 4.69) is 4.74 Å². The number of hydrogen-bond donors (Lipinski definition) is 0. The summed E-state index contributed by atoms with van der Waals surface area (Å²) in [6.45, 7) is -3.56. The Morgan fingerprint density at radius 1 is 0.750 bits per heavy atom. The lowest BCUT2D eigenvalue weighted by atomic mass is 9.97. The number of benzene rings is 2. The van der Waals surface area contributed by atoms with E-state index in [9.17, 15) is 35.1 Å². The van der Waals surface area contributed by atoms with Crippen LogP contribution in [-0.2, 0) is 12.4 Å². The van der Waals surface area contributed by atoms with Gasteiger partial charge in [-0.3, -0.25) is 0 Å². The largest absolute Gasteiger partial charge is 0.434 e. The lowest BCUT2D eigenvalue weighted by molar-refractivity contribution is -0.142. The summed E-state index contributed by atoms with van der Waals surface area (Å²) >= 11 is 0. The highest BCUT2D eigenvalue weighted by Gasteiger charge is 2.37. The van der Waals surface area contributed by atoms with E-state index in [1.165, 1.54) is 6.07 Å². The average Bonchev–Trinajstić information content (AvgIpc) is 2.44. The first-order chi connectivity index (χ1) is 11.0. The molecule has 1 nitrogen and oxygen atoms in total. The lowest BCUT2D eigenvalue weighted by Crippen LogP contribution is -2.12. The molecule has 24 heavy (non-hydrogen) atoms. The Hall–Kier alpha value is -2.32. The number of rotatable bonds is 3. The van der Waals surface area contributed by atoms with Gasteiger partial charge in [0.15, 0.2) is 0 Å². The van der Waals surface area contributed by atoms with Crippen molar-refractivity contribution in [2.45, 2.75) is 19.0 Å². The quantitative estimate of drug-likeness (QED) is 0.614. The summed E-state index contributed by atoms with van der Waals surface area (Å²) in [7, 11) is 0. The Balaban J connectivity index is 2.62. The van der Waals surface area contributed by atoms with E-state index in [0.29, 0.717) is 12.1 Å². The molecular formula is C15H8F8O. The third-order valence-electron chi connectivity index (χ3n) is 3.05. The first kappa shape index (κ1) is 18.0. The minimum Gasteiger partial charge on any atom is -0.434 e. The SMILES string of the molecule is FC(F)Oc1cc(-c2ccccc2C(F)(F)F)ccc1C(F)(F)F. The van der Waals surface area contributed by atoms with Crippen LogP contribution in [0.5, 0.6) is 5.75 Å². The van der Waals surface area contributed by atoms with Gasteiger partial charge in [0.25, 0.3) is 0 Å². The number of hydrogen-bond acceptors (Lipinski definition) is 1. The Morgan fingerprint density at radius 3 is 1.88 bits per heavy atom. The molecular weight excluding hydrogens is 348 g/mol. The second kappa shape index (κ2) is 6.29. The molecule has 0 radical (unpaired) electrons. The van der Waals surface area contributed by atoms with Crippen LogP contribution in [0.2, 0.25) is 0 Å². The first-order valence-corrected chi connectivity index (χ1v) is 6.33. The van der Waals surface area contributed by atoms with Crippen LogP contribution < -0.4 is 4.74 Å². The van der Waals surface area contributed by atoms with Gasteiger partial charge in [0.05, 0.1) is 11.1 Å². The summed E-state index contributed by atoms with van der Waals surface area (Å²) in [5.41, 5.74) is -3.38. The Kier molecular flexibility index (Phi) is 4.73. The van der Waals surface area contributed by atoms with Crippen LogP contribution in [0.3, 0.4) is 0 Å². The van der Waals surface area contributed by atoms with Gasteiger partial charge in [-0.05, 0) is 29.3 Å². The van der Waals surface area contributed by atoms with Crippen molar-refractivity contribution >= 4 is 0 Å². The van der Waals surface area contributed by atoms with E-state index >= 15 is 0 Å². The average molecular weight is 356 g/mol. The van der Waals surface area contributed by atoms with Crippen molar-refractivity contribution in [3.8, 4) is 16.9 Å². The molecule has 0 fully saturated rings. The normalized spacial score (nSPS) is 12.5. The third kappa shape index (κ3) is 3.95. The van der Waals surface area contributed by atoms with Crippen molar-refractivity contribution in [1.29, 1.82) is 0 Å². The fourth-order valence-corrected chi connectivity index (χ4v) is 2.10. The van der Waals surface area contributed by atoms with Crippen LogP contribution in [-0.4, -0.2) is 6.61 Å². The highest BCUT2D eigenvalue weighted by Crippen LogP contribution is 2.42. The van der Waals surface area contributed by atoms with Crippen LogP contribution in [0.1, 0.15) is 11.1 Å². The van der Waals surface area contributed by atoms with Crippen molar-refractivity contribution in [2.24, 2.45) is 0 Å². The molecule has 0 saturated heterocycles. The summed E-state index contributed by atoms with van der Waals surface area (Å²) in [5.74, 6) is -1.24. The molecule has 0 aliphatic carbocycles. The zero-order valence-corrected chi connectivity index (χ0v) is 11.6. The topological polar surface area (TPSA) is 9.23 Å². The minimum absolute atomic E-state index is 0.327. The Labute approximate surface area is 130 Å². The Bertz CT molecular complexity index is 718. The lowest BCUT2D eigenvalue weighted by Gasteiger charge is -2.17. The predicted octanol–water partition coefficient (Wildman–Crippen LogP) is 5.99. The van der Waals surface area contributed by atoms with Crippen LogP contribution in [0.15, 0.2) is 42.5 Å². The molecule has 130 valence electrons. The van der Waals surface area contributed by atoms with Gasteiger partial charge in [-0.2, -0.15) is 35.1 Å². The van der Waals surface area contributed by atoms with E-state index in [1.807, 2.05) is 0 Å². The van der Waals surface area contributed by atoms with Crippen LogP contribution in [0.4, 0.5) is 35.1 Å². The molecule has 2 aromatic carbocycles. The zero-order chi connectivity index (χ0) is 18.1. The van der Waals surface area contributed by atoms with Gasteiger partial charge >= 0.3 is 19.0 Å². The highest BCUT2D eigenvalue weighted by molar-refractivity contribution is 5.70. The van der Waals surface area contributed by atoms with E-state index in [0.717, 1.165) is 24.3 Å². The van der Waals surface area contributed by atoms with Crippen molar-refractivity contribution in [2.75, 3.05) is 0 Å². The molecule has 0 spiro atoms. The van der Waals surface area contributed by atoms with Gasteiger partial charge in [-0.1, -0.05) is 24.3 Å². The van der Waals surface area contributed by atoms with E-state index in [4.69, 9.17) is 0 Å². The van der Waals surface area contributed by atoms with Gasteiger partial charge in [0.1, 0.15) is 5.75 Å². The molecule has 2 aromatic rings. The van der Waals surface area contributed by atoms with Crippen molar-refractivity contribution < 1.29 is 39.9 Å². The number of halogens is 8. The fourth-order valence-electron chi connectivity index (χ4n) is 2.10. The number of alkyl halides is 8.